The molecule has 4 nitrogen and oxygen atoms in total. The highest BCUT2D eigenvalue weighted by atomic mass is 32.2. The van der Waals surface area contributed by atoms with Crippen molar-refractivity contribution in [3.8, 4) is 11.6 Å². The first kappa shape index (κ1) is 15.4. The summed E-state index contributed by atoms with van der Waals surface area (Å²) in [6.07, 6.45) is 0. The second kappa shape index (κ2) is 7.17. The quantitative estimate of drug-likeness (QED) is 0.812. The summed E-state index contributed by atoms with van der Waals surface area (Å²) in [5.74, 6) is 1.22. The molecule has 2 rings (SSSR count). The SMILES string of the molecule is COc1ccccc1CN(C)c1ccc(SF)nc1OC. The second-order valence-electron chi connectivity index (χ2n) is 4.42. The van der Waals surface area contributed by atoms with Gasteiger partial charge in [-0.3, -0.25) is 0 Å². The molecule has 0 saturated heterocycles. The largest absolute Gasteiger partial charge is 0.496 e. The zero-order valence-corrected chi connectivity index (χ0v) is 13.0. The minimum atomic E-state index is 0.0992. The molecule has 1 heterocycles. The van der Waals surface area contributed by atoms with Gasteiger partial charge in [0.05, 0.1) is 19.9 Å². The van der Waals surface area contributed by atoms with Crippen molar-refractivity contribution >= 4 is 17.8 Å². The van der Waals surface area contributed by atoms with E-state index in [1.54, 1.807) is 19.2 Å². The Morgan fingerprint density at radius 1 is 1.14 bits per heavy atom. The number of pyridine rings is 1. The Hall–Kier alpha value is -1.95. The van der Waals surface area contributed by atoms with Crippen LogP contribution in [0.2, 0.25) is 0 Å². The highest BCUT2D eigenvalue weighted by Crippen LogP contribution is 2.31. The number of benzene rings is 1. The molecule has 21 heavy (non-hydrogen) atoms. The molecule has 0 radical (unpaired) electrons. The summed E-state index contributed by atoms with van der Waals surface area (Å²) in [6.45, 7) is 0.629. The molecule has 0 aliphatic heterocycles. The second-order valence-corrected chi connectivity index (χ2v) is 5.00. The standard InChI is InChI=1S/C15H17FN2O2S/c1-18(10-11-6-4-5-7-13(11)19-2)12-8-9-14(21-16)17-15(12)20-3/h4-9H,10H2,1-3H3. The Balaban J connectivity index is 2.25. The predicted molar refractivity (Wildman–Crippen MR) is 82.9 cm³/mol. The zero-order valence-electron chi connectivity index (χ0n) is 12.2. The van der Waals surface area contributed by atoms with E-state index < -0.39 is 0 Å². The normalized spacial score (nSPS) is 10.3. The number of hydrogen-bond acceptors (Lipinski definition) is 5. The molecule has 0 spiro atoms. The lowest BCUT2D eigenvalue weighted by Crippen LogP contribution is -2.18. The maximum Gasteiger partial charge on any atom is 0.238 e. The van der Waals surface area contributed by atoms with Crippen LogP contribution in [0.1, 0.15) is 5.56 Å². The lowest BCUT2D eigenvalue weighted by molar-refractivity contribution is 0.394. The molecule has 0 atom stereocenters. The molecule has 0 unspecified atom stereocenters. The van der Waals surface area contributed by atoms with Crippen LogP contribution >= 0.6 is 12.1 Å². The molecule has 2 aromatic rings. The van der Waals surface area contributed by atoms with Gasteiger partial charge in [0.15, 0.2) is 0 Å². The lowest BCUT2D eigenvalue weighted by atomic mass is 10.2. The molecule has 1 aromatic heterocycles. The van der Waals surface area contributed by atoms with E-state index in [1.807, 2.05) is 36.2 Å². The maximum atomic E-state index is 12.6. The maximum absolute atomic E-state index is 12.6. The van der Waals surface area contributed by atoms with Crippen LogP contribution in [0.3, 0.4) is 0 Å². The molecule has 0 bridgehead atoms. The van der Waals surface area contributed by atoms with Gasteiger partial charge >= 0.3 is 0 Å². The number of hydrogen-bond donors (Lipinski definition) is 0. The van der Waals surface area contributed by atoms with Crippen molar-refractivity contribution in [1.29, 1.82) is 0 Å². The summed E-state index contributed by atoms with van der Waals surface area (Å²) in [5, 5.41) is 0.279. The molecule has 0 N–H and O–H groups in total. The summed E-state index contributed by atoms with van der Waals surface area (Å²) in [7, 11) is 5.10. The fourth-order valence-corrected chi connectivity index (χ4v) is 2.31. The molecular formula is C15H17FN2O2S. The molecule has 112 valence electrons. The van der Waals surface area contributed by atoms with Crippen LogP contribution in [0.15, 0.2) is 41.4 Å². The molecule has 0 aliphatic rings. The minimum absolute atomic E-state index is 0.0992. The molecule has 6 heteroatoms. The zero-order chi connectivity index (χ0) is 15.2. The van der Waals surface area contributed by atoms with Crippen molar-refractivity contribution in [2.45, 2.75) is 11.6 Å². The third-order valence-corrected chi connectivity index (χ3v) is 3.48. The van der Waals surface area contributed by atoms with Crippen LogP contribution < -0.4 is 14.4 Å². The topological polar surface area (TPSA) is 34.6 Å². The molecule has 0 aliphatic carbocycles. The van der Waals surface area contributed by atoms with Gasteiger partial charge in [0.2, 0.25) is 5.88 Å². The molecule has 0 saturated carbocycles. The van der Waals surface area contributed by atoms with Crippen molar-refractivity contribution < 1.29 is 13.4 Å². The molecule has 0 amide bonds. The van der Waals surface area contributed by atoms with Crippen LogP contribution in [0.5, 0.6) is 11.6 Å². The lowest BCUT2D eigenvalue weighted by Gasteiger charge is -2.22. The number of halogens is 1. The summed E-state index contributed by atoms with van der Waals surface area (Å²) < 4.78 is 23.2. The Morgan fingerprint density at radius 2 is 1.90 bits per heavy atom. The van der Waals surface area contributed by atoms with Crippen LogP contribution in [0.25, 0.3) is 0 Å². The van der Waals surface area contributed by atoms with E-state index in [0.29, 0.717) is 12.4 Å². The van der Waals surface area contributed by atoms with Gasteiger partial charge < -0.3 is 14.4 Å². The Bertz CT molecular complexity index is 610. The summed E-state index contributed by atoms with van der Waals surface area (Å²) in [6, 6.07) is 11.2. The highest BCUT2D eigenvalue weighted by Gasteiger charge is 2.13. The van der Waals surface area contributed by atoms with Crippen molar-refractivity contribution in [3.05, 3.63) is 42.0 Å². The number of methoxy groups -OCH3 is 2. The smallest absolute Gasteiger partial charge is 0.238 e. The van der Waals surface area contributed by atoms with Crippen LogP contribution in [0, 0.1) is 0 Å². The van der Waals surface area contributed by atoms with Crippen LogP contribution in [-0.2, 0) is 6.54 Å². The van der Waals surface area contributed by atoms with Gasteiger partial charge in [-0.2, -0.15) is 3.89 Å². The molecule has 1 aromatic carbocycles. The van der Waals surface area contributed by atoms with Crippen LogP contribution in [-0.4, -0.2) is 26.3 Å². The van der Waals surface area contributed by atoms with Crippen molar-refractivity contribution in [2.24, 2.45) is 0 Å². The van der Waals surface area contributed by atoms with Gasteiger partial charge in [-0.05, 0) is 18.2 Å². The van der Waals surface area contributed by atoms with E-state index >= 15 is 0 Å². The summed E-state index contributed by atoms with van der Waals surface area (Å²) in [5.41, 5.74) is 1.84. The Morgan fingerprint density at radius 3 is 2.57 bits per heavy atom. The van der Waals surface area contributed by atoms with Gasteiger partial charge in [-0.1, -0.05) is 18.2 Å². The van der Waals surface area contributed by atoms with Gasteiger partial charge in [0, 0.05) is 19.2 Å². The van der Waals surface area contributed by atoms with E-state index in [0.717, 1.165) is 17.0 Å². The van der Waals surface area contributed by atoms with Crippen LogP contribution in [0.4, 0.5) is 9.57 Å². The van der Waals surface area contributed by atoms with E-state index in [1.165, 1.54) is 7.11 Å². The first-order valence-corrected chi connectivity index (χ1v) is 7.08. The third-order valence-electron chi connectivity index (χ3n) is 3.10. The summed E-state index contributed by atoms with van der Waals surface area (Å²) >= 11 is 0.0992. The van der Waals surface area contributed by atoms with Crippen molar-refractivity contribution in [3.63, 3.8) is 0 Å². The predicted octanol–water partition coefficient (Wildman–Crippen LogP) is 3.71. The van der Waals surface area contributed by atoms with Gasteiger partial charge in [0.25, 0.3) is 0 Å². The number of ether oxygens (including phenoxy) is 2. The average Bonchev–Trinajstić information content (AvgIpc) is 2.54. The van der Waals surface area contributed by atoms with E-state index in [4.69, 9.17) is 9.47 Å². The summed E-state index contributed by atoms with van der Waals surface area (Å²) in [4.78, 5) is 6.09. The van der Waals surface area contributed by atoms with Crippen molar-refractivity contribution in [1.82, 2.24) is 4.98 Å². The van der Waals surface area contributed by atoms with Gasteiger partial charge in [-0.25, -0.2) is 4.98 Å². The third kappa shape index (κ3) is 3.58. The first-order chi connectivity index (χ1) is 10.2. The van der Waals surface area contributed by atoms with Gasteiger partial charge in [-0.15, -0.1) is 0 Å². The molecular weight excluding hydrogens is 291 g/mol. The van der Waals surface area contributed by atoms with Gasteiger partial charge in [0.1, 0.15) is 22.9 Å². The van der Waals surface area contributed by atoms with Crippen molar-refractivity contribution in [2.75, 3.05) is 26.2 Å². The minimum Gasteiger partial charge on any atom is -0.496 e. The fraction of sp³-hybridized carbons (Fsp3) is 0.267. The monoisotopic (exact) mass is 308 g/mol. The number of rotatable bonds is 6. The van der Waals surface area contributed by atoms with E-state index in [-0.39, 0.29) is 17.2 Å². The Kier molecular flexibility index (Phi) is 5.27. The number of anilines is 1. The molecule has 0 fully saturated rings. The fourth-order valence-electron chi connectivity index (χ4n) is 2.07. The number of para-hydroxylation sites is 1. The number of aromatic nitrogens is 1. The van der Waals surface area contributed by atoms with E-state index in [9.17, 15) is 3.89 Å². The first-order valence-electron chi connectivity index (χ1n) is 6.36. The van der Waals surface area contributed by atoms with E-state index in [2.05, 4.69) is 4.98 Å². The Labute approximate surface area is 128 Å². The average molecular weight is 308 g/mol. The highest BCUT2D eigenvalue weighted by molar-refractivity contribution is 7.94. The number of nitrogens with zero attached hydrogens (tertiary/aromatic N) is 2.